The highest BCUT2D eigenvalue weighted by atomic mass is 19.4. The van der Waals surface area contributed by atoms with Crippen LogP contribution in [0.3, 0.4) is 0 Å². The molecular weight excluding hydrogens is 431 g/mol. The quantitative estimate of drug-likeness (QED) is 0.580. The maximum absolute atomic E-state index is 12.8. The van der Waals surface area contributed by atoms with E-state index in [1.54, 1.807) is 0 Å². The van der Waals surface area contributed by atoms with Gasteiger partial charge in [0.05, 0.1) is 11.3 Å². The minimum Gasteiger partial charge on any atom is -0.340 e. The Hall–Kier alpha value is -2.94. The molecule has 1 saturated heterocycles. The Morgan fingerprint density at radius 3 is 2.33 bits per heavy atom. The summed E-state index contributed by atoms with van der Waals surface area (Å²) in [5, 5.41) is 4.49. The van der Waals surface area contributed by atoms with Gasteiger partial charge < -0.3 is 4.90 Å². The van der Waals surface area contributed by atoms with Crippen LogP contribution in [-0.2, 0) is 23.9 Å². The van der Waals surface area contributed by atoms with Crippen molar-refractivity contribution >= 4 is 11.6 Å². The molecule has 1 amide bonds. The van der Waals surface area contributed by atoms with E-state index in [1.807, 2.05) is 36.3 Å². The lowest BCUT2D eigenvalue weighted by atomic mass is 10.1. The summed E-state index contributed by atoms with van der Waals surface area (Å²) in [5.41, 5.74) is 4.93. The van der Waals surface area contributed by atoms with Crippen molar-refractivity contribution in [2.45, 2.75) is 46.3 Å². The molecule has 0 atom stereocenters. The molecule has 33 heavy (non-hydrogen) atoms. The van der Waals surface area contributed by atoms with E-state index >= 15 is 0 Å². The van der Waals surface area contributed by atoms with Crippen molar-refractivity contribution in [3.63, 3.8) is 0 Å². The van der Waals surface area contributed by atoms with E-state index in [2.05, 4.69) is 15.0 Å². The second-order valence-electron chi connectivity index (χ2n) is 8.67. The van der Waals surface area contributed by atoms with Crippen LogP contribution in [0.5, 0.6) is 0 Å². The van der Waals surface area contributed by atoms with Gasteiger partial charge in [0.15, 0.2) is 5.65 Å². The fourth-order valence-electron chi connectivity index (χ4n) is 4.41. The Morgan fingerprint density at radius 1 is 1.03 bits per heavy atom. The summed E-state index contributed by atoms with van der Waals surface area (Å²) in [7, 11) is 0. The standard InChI is InChI=1S/C24H28F3N5O/c1-16-14-22-28-17(2)21(18(3)32(22)29-16)8-9-23(33)31-12-10-30(11-13-31)15-19-4-6-20(7-5-19)24(25,26)27/h4-7,14H,8-13,15H2,1-3H3. The predicted octanol–water partition coefficient (Wildman–Crippen LogP) is 3.95. The van der Waals surface area contributed by atoms with Gasteiger partial charge in [-0.1, -0.05) is 12.1 Å². The van der Waals surface area contributed by atoms with E-state index in [-0.39, 0.29) is 5.91 Å². The molecule has 3 heterocycles. The Balaban J connectivity index is 1.30. The van der Waals surface area contributed by atoms with Crippen LogP contribution in [0.15, 0.2) is 30.3 Å². The van der Waals surface area contributed by atoms with E-state index in [9.17, 15) is 18.0 Å². The van der Waals surface area contributed by atoms with Gasteiger partial charge in [0.2, 0.25) is 5.91 Å². The molecule has 3 aromatic rings. The van der Waals surface area contributed by atoms with Crippen molar-refractivity contribution in [3.8, 4) is 0 Å². The largest absolute Gasteiger partial charge is 0.416 e. The first-order valence-corrected chi connectivity index (χ1v) is 11.1. The van der Waals surface area contributed by atoms with Gasteiger partial charge in [-0.2, -0.15) is 18.3 Å². The molecule has 4 rings (SSSR count). The normalized spacial score (nSPS) is 15.4. The third kappa shape index (κ3) is 5.19. The molecule has 0 radical (unpaired) electrons. The third-order valence-electron chi connectivity index (χ3n) is 6.29. The van der Waals surface area contributed by atoms with Gasteiger partial charge in [-0.05, 0) is 50.5 Å². The van der Waals surface area contributed by atoms with Crippen molar-refractivity contribution in [2.24, 2.45) is 0 Å². The first-order chi connectivity index (χ1) is 15.6. The molecule has 0 aliphatic carbocycles. The van der Waals surface area contributed by atoms with Crippen molar-refractivity contribution in [1.29, 1.82) is 0 Å². The second kappa shape index (κ2) is 9.13. The van der Waals surface area contributed by atoms with Crippen LogP contribution < -0.4 is 0 Å². The van der Waals surface area contributed by atoms with Crippen LogP contribution in [-0.4, -0.2) is 56.5 Å². The number of benzene rings is 1. The molecule has 6 nitrogen and oxygen atoms in total. The summed E-state index contributed by atoms with van der Waals surface area (Å²) in [6.45, 7) is 9.12. The van der Waals surface area contributed by atoms with E-state index < -0.39 is 11.7 Å². The SMILES string of the molecule is Cc1cc2nc(C)c(CCC(=O)N3CCN(Cc4ccc(C(F)(F)F)cc4)CC3)c(C)n2n1. The first-order valence-electron chi connectivity index (χ1n) is 11.1. The summed E-state index contributed by atoms with van der Waals surface area (Å²) in [6, 6.07) is 7.23. The van der Waals surface area contributed by atoms with Crippen LogP contribution in [0.1, 0.15) is 40.2 Å². The van der Waals surface area contributed by atoms with Crippen molar-refractivity contribution in [3.05, 3.63) is 64.1 Å². The van der Waals surface area contributed by atoms with E-state index in [4.69, 9.17) is 0 Å². The fourth-order valence-corrected chi connectivity index (χ4v) is 4.41. The average Bonchev–Trinajstić information content (AvgIpc) is 3.14. The highest BCUT2D eigenvalue weighted by Gasteiger charge is 2.30. The fraction of sp³-hybridized carbons (Fsp3) is 0.458. The number of nitrogens with zero attached hydrogens (tertiary/aromatic N) is 5. The highest BCUT2D eigenvalue weighted by Crippen LogP contribution is 2.29. The molecule has 2 aromatic heterocycles. The molecule has 0 spiro atoms. The number of rotatable bonds is 5. The van der Waals surface area contributed by atoms with Crippen LogP contribution in [0, 0.1) is 20.8 Å². The van der Waals surface area contributed by atoms with Gasteiger partial charge in [0.25, 0.3) is 0 Å². The summed E-state index contributed by atoms with van der Waals surface area (Å²) in [4.78, 5) is 21.5. The number of amides is 1. The lowest BCUT2D eigenvalue weighted by Gasteiger charge is -2.35. The number of aryl methyl sites for hydroxylation is 3. The second-order valence-corrected chi connectivity index (χ2v) is 8.67. The Labute approximate surface area is 191 Å². The van der Waals surface area contributed by atoms with Crippen LogP contribution in [0.2, 0.25) is 0 Å². The molecule has 1 aliphatic rings. The maximum Gasteiger partial charge on any atom is 0.416 e. The Morgan fingerprint density at radius 2 is 1.70 bits per heavy atom. The number of alkyl halides is 3. The van der Waals surface area contributed by atoms with Crippen LogP contribution in [0.4, 0.5) is 13.2 Å². The number of carbonyl (C=O) groups is 1. The van der Waals surface area contributed by atoms with Crippen LogP contribution in [0.25, 0.3) is 5.65 Å². The smallest absolute Gasteiger partial charge is 0.340 e. The minimum absolute atomic E-state index is 0.111. The number of halogens is 3. The Kier molecular flexibility index (Phi) is 6.43. The lowest BCUT2D eigenvalue weighted by Crippen LogP contribution is -2.48. The molecule has 1 fully saturated rings. The zero-order valence-corrected chi connectivity index (χ0v) is 19.1. The maximum atomic E-state index is 12.8. The van der Waals surface area contributed by atoms with E-state index in [1.165, 1.54) is 12.1 Å². The first kappa shape index (κ1) is 23.2. The van der Waals surface area contributed by atoms with Crippen LogP contribution >= 0.6 is 0 Å². The van der Waals surface area contributed by atoms with E-state index in [0.29, 0.717) is 45.6 Å². The molecular formula is C24H28F3N5O. The molecule has 176 valence electrons. The number of fused-ring (bicyclic) bond motifs is 1. The molecule has 0 N–H and O–H groups in total. The number of piperazine rings is 1. The molecule has 0 saturated carbocycles. The number of carbonyl (C=O) groups excluding carboxylic acids is 1. The van der Waals surface area contributed by atoms with Crippen molar-refractivity contribution in [2.75, 3.05) is 26.2 Å². The highest BCUT2D eigenvalue weighted by molar-refractivity contribution is 5.76. The van der Waals surface area contributed by atoms with Gasteiger partial charge in [-0.3, -0.25) is 9.69 Å². The summed E-state index contributed by atoms with van der Waals surface area (Å²) >= 11 is 0. The molecule has 1 aliphatic heterocycles. The molecule has 1 aromatic carbocycles. The van der Waals surface area contributed by atoms with Gasteiger partial charge in [-0.15, -0.1) is 0 Å². The number of hydrogen-bond acceptors (Lipinski definition) is 4. The van der Waals surface area contributed by atoms with Gasteiger partial charge >= 0.3 is 6.18 Å². The summed E-state index contributed by atoms with van der Waals surface area (Å²) in [5.74, 6) is 0.111. The topological polar surface area (TPSA) is 53.7 Å². The molecule has 0 bridgehead atoms. The Bertz CT molecular complexity index is 1150. The third-order valence-corrected chi connectivity index (χ3v) is 6.29. The average molecular weight is 460 g/mol. The summed E-state index contributed by atoms with van der Waals surface area (Å²) < 4.78 is 40.0. The van der Waals surface area contributed by atoms with Crippen molar-refractivity contribution < 1.29 is 18.0 Å². The zero-order valence-electron chi connectivity index (χ0n) is 19.1. The summed E-state index contributed by atoms with van der Waals surface area (Å²) in [6.07, 6.45) is -3.29. The molecule has 9 heteroatoms. The van der Waals surface area contributed by atoms with Gasteiger partial charge in [-0.25, -0.2) is 9.50 Å². The van der Waals surface area contributed by atoms with Gasteiger partial charge in [0.1, 0.15) is 0 Å². The monoisotopic (exact) mass is 459 g/mol. The minimum atomic E-state index is -4.32. The zero-order chi connectivity index (χ0) is 23.8. The van der Waals surface area contributed by atoms with Gasteiger partial charge in [0, 0.05) is 56.6 Å². The molecule has 0 unspecified atom stereocenters. The van der Waals surface area contributed by atoms with E-state index in [0.717, 1.165) is 46.0 Å². The van der Waals surface area contributed by atoms with Crippen molar-refractivity contribution in [1.82, 2.24) is 24.4 Å². The lowest BCUT2D eigenvalue weighted by molar-refractivity contribution is -0.137. The predicted molar refractivity (Wildman–Crippen MR) is 119 cm³/mol. The number of hydrogen-bond donors (Lipinski definition) is 0. The number of aromatic nitrogens is 3.